The summed E-state index contributed by atoms with van der Waals surface area (Å²) in [7, 11) is 0. The zero-order valence-corrected chi connectivity index (χ0v) is 11.1. The molecule has 0 N–H and O–H groups in total. The third-order valence-electron chi connectivity index (χ3n) is 2.50. The van der Waals surface area contributed by atoms with Crippen LogP contribution in [0.4, 0.5) is 0 Å². The fourth-order valence-corrected chi connectivity index (χ4v) is 2.05. The van der Waals surface area contributed by atoms with Gasteiger partial charge in [0.2, 0.25) is 5.78 Å². The highest BCUT2D eigenvalue weighted by molar-refractivity contribution is 9.10. The molecule has 2 rings (SSSR count). The predicted molar refractivity (Wildman–Crippen MR) is 70.5 cm³/mol. The Morgan fingerprint density at radius 1 is 1.11 bits per heavy atom. The second-order valence-corrected chi connectivity index (χ2v) is 4.74. The van der Waals surface area contributed by atoms with Gasteiger partial charge >= 0.3 is 0 Å². The lowest BCUT2D eigenvalue weighted by molar-refractivity contribution is -0.117. The highest BCUT2D eigenvalue weighted by Crippen LogP contribution is 2.17. The van der Waals surface area contributed by atoms with Crippen molar-refractivity contribution < 1.29 is 14.0 Å². The molecule has 1 heterocycles. The molecule has 0 saturated carbocycles. The zero-order valence-electron chi connectivity index (χ0n) is 9.56. The number of ketones is 2. The van der Waals surface area contributed by atoms with Crippen molar-refractivity contribution in [3.63, 3.8) is 0 Å². The minimum atomic E-state index is -0.281. The molecular formula is C14H11BrO3. The van der Waals surface area contributed by atoms with Crippen LogP contribution in [0.25, 0.3) is 0 Å². The maximum absolute atomic E-state index is 11.8. The van der Waals surface area contributed by atoms with Gasteiger partial charge in [-0.15, -0.1) is 0 Å². The largest absolute Gasteiger partial charge is 0.461 e. The highest BCUT2D eigenvalue weighted by Gasteiger charge is 2.15. The summed E-state index contributed by atoms with van der Waals surface area (Å²) in [6, 6.07) is 10.7. The Labute approximate surface area is 113 Å². The summed E-state index contributed by atoms with van der Waals surface area (Å²) >= 11 is 3.37. The number of halogens is 1. The number of furan rings is 1. The first-order chi connectivity index (χ1) is 8.66. The molecule has 2 aromatic rings. The Hall–Kier alpha value is -1.68. The van der Waals surface area contributed by atoms with Crippen LogP contribution in [0.2, 0.25) is 0 Å². The molecular weight excluding hydrogens is 296 g/mol. The van der Waals surface area contributed by atoms with Crippen molar-refractivity contribution >= 4 is 27.5 Å². The van der Waals surface area contributed by atoms with Crippen molar-refractivity contribution in [1.82, 2.24) is 0 Å². The van der Waals surface area contributed by atoms with E-state index in [1.54, 1.807) is 12.1 Å². The van der Waals surface area contributed by atoms with E-state index in [4.69, 9.17) is 4.42 Å². The molecule has 0 radical (unpaired) electrons. The Kier molecular flexibility index (Phi) is 4.10. The van der Waals surface area contributed by atoms with Crippen molar-refractivity contribution in [2.75, 3.05) is 0 Å². The number of hydrogen-bond acceptors (Lipinski definition) is 3. The lowest BCUT2D eigenvalue weighted by Crippen LogP contribution is -2.10. The molecule has 0 aliphatic heterocycles. The number of Topliss-reactive ketones (excluding diaryl/α,β-unsaturated/α-hetero) is 2. The van der Waals surface area contributed by atoms with Crippen LogP contribution in [-0.4, -0.2) is 11.6 Å². The summed E-state index contributed by atoms with van der Waals surface area (Å²) in [5.41, 5.74) is 0.884. The summed E-state index contributed by atoms with van der Waals surface area (Å²) in [4.78, 5) is 23.5. The third-order valence-corrected chi connectivity index (χ3v) is 3.27. The number of benzene rings is 1. The van der Waals surface area contributed by atoms with Gasteiger partial charge in [0.15, 0.2) is 5.76 Å². The van der Waals surface area contributed by atoms with Crippen LogP contribution in [0.5, 0.6) is 0 Å². The van der Waals surface area contributed by atoms with Crippen molar-refractivity contribution in [3.05, 3.63) is 58.5 Å². The fourth-order valence-electron chi connectivity index (χ4n) is 1.62. The molecule has 0 amide bonds. The Morgan fingerprint density at radius 3 is 2.56 bits per heavy atom. The maximum atomic E-state index is 11.8. The van der Waals surface area contributed by atoms with Gasteiger partial charge in [0.25, 0.3) is 0 Å². The van der Waals surface area contributed by atoms with E-state index in [0.717, 1.165) is 10.0 Å². The van der Waals surface area contributed by atoms with Crippen LogP contribution in [0, 0.1) is 0 Å². The second-order valence-electron chi connectivity index (χ2n) is 3.88. The van der Waals surface area contributed by atoms with E-state index in [0.29, 0.717) is 0 Å². The van der Waals surface area contributed by atoms with E-state index >= 15 is 0 Å². The number of carbonyl (C=O) groups excluding carboxylic acids is 2. The van der Waals surface area contributed by atoms with Gasteiger partial charge in [0.1, 0.15) is 5.78 Å². The first kappa shape index (κ1) is 12.8. The van der Waals surface area contributed by atoms with Gasteiger partial charge < -0.3 is 4.42 Å². The first-order valence-electron chi connectivity index (χ1n) is 5.48. The molecule has 0 aliphatic carbocycles. The van der Waals surface area contributed by atoms with E-state index in [-0.39, 0.29) is 30.2 Å². The maximum Gasteiger partial charge on any atom is 0.205 e. The van der Waals surface area contributed by atoms with E-state index in [1.165, 1.54) is 6.26 Å². The lowest BCUT2D eigenvalue weighted by Gasteiger charge is -2.02. The first-order valence-corrected chi connectivity index (χ1v) is 6.28. The summed E-state index contributed by atoms with van der Waals surface area (Å²) in [5.74, 6) is -0.171. The number of rotatable bonds is 5. The van der Waals surface area contributed by atoms with Gasteiger partial charge in [-0.1, -0.05) is 34.1 Å². The Morgan fingerprint density at radius 2 is 1.89 bits per heavy atom. The van der Waals surface area contributed by atoms with Gasteiger partial charge in [0.05, 0.1) is 12.7 Å². The quantitative estimate of drug-likeness (QED) is 0.628. The monoisotopic (exact) mass is 306 g/mol. The topological polar surface area (TPSA) is 47.3 Å². The predicted octanol–water partition coefficient (Wildman–Crippen LogP) is 3.43. The lowest BCUT2D eigenvalue weighted by atomic mass is 10.0. The molecule has 92 valence electrons. The van der Waals surface area contributed by atoms with Crippen LogP contribution in [0.1, 0.15) is 22.5 Å². The molecule has 0 saturated heterocycles. The molecule has 4 heteroatoms. The van der Waals surface area contributed by atoms with Gasteiger partial charge in [-0.05, 0) is 23.8 Å². The SMILES string of the molecule is O=C(CC(=O)c1ccco1)Cc1ccccc1Br. The third kappa shape index (κ3) is 3.17. The highest BCUT2D eigenvalue weighted by atomic mass is 79.9. The van der Waals surface area contributed by atoms with E-state index in [2.05, 4.69) is 15.9 Å². The molecule has 1 aromatic carbocycles. The van der Waals surface area contributed by atoms with Gasteiger partial charge in [0, 0.05) is 10.9 Å². The van der Waals surface area contributed by atoms with E-state index in [1.807, 2.05) is 24.3 Å². The van der Waals surface area contributed by atoms with Crippen LogP contribution in [-0.2, 0) is 11.2 Å². The Balaban J connectivity index is 1.98. The van der Waals surface area contributed by atoms with Crippen molar-refractivity contribution in [2.24, 2.45) is 0 Å². The molecule has 0 bridgehead atoms. The van der Waals surface area contributed by atoms with E-state index < -0.39 is 0 Å². The zero-order chi connectivity index (χ0) is 13.0. The van der Waals surface area contributed by atoms with Crippen molar-refractivity contribution in [3.8, 4) is 0 Å². The van der Waals surface area contributed by atoms with Crippen LogP contribution < -0.4 is 0 Å². The smallest absolute Gasteiger partial charge is 0.205 e. The molecule has 3 nitrogen and oxygen atoms in total. The molecule has 0 fully saturated rings. The number of hydrogen-bond donors (Lipinski definition) is 0. The molecule has 0 unspecified atom stereocenters. The molecule has 1 aromatic heterocycles. The minimum absolute atomic E-state index is 0.122. The molecule has 0 spiro atoms. The normalized spacial score (nSPS) is 10.3. The summed E-state index contributed by atoms with van der Waals surface area (Å²) < 4.78 is 5.84. The van der Waals surface area contributed by atoms with Gasteiger partial charge in [-0.25, -0.2) is 0 Å². The second kappa shape index (κ2) is 5.78. The number of carbonyl (C=O) groups is 2. The van der Waals surface area contributed by atoms with Crippen LogP contribution in [0.3, 0.4) is 0 Å². The minimum Gasteiger partial charge on any atom is -0.461 e. The summed E-state index contributed by atoms with van der Waals surface area (Å²) in [5, 5.41) is 0. The molecule has 0 atom stereocenters. The van der Waals surface area contributed by atoms with Crippen molar-refractivity contribution in [1.29, 1.82) is 0 Å². The summed E-state index contributed by atoms with van der Waals surface area (Å²) in [6.45, 7) is 0. The van der Waals surface area contributed by atoms with Crippen molar-refractivity contribution in [2.45, 2.75) is 12.8 Å². The summed E-state index contributed by atoms with van der Waals surface area (Å²) in [6.07, 6.45) is 1.54. The molecule has 18 heavy (non-hydrogen) atoms. The molecule has 0 aliphatic rings. The van der Waals surface area contributed by atoms with Crippen LogP contribution in [0.15, 0.2) is 51.6 Å². The Bertz CT molecular complexity index is 558. The average Bonchev–Trinajstić information content (AvgIpc) is 2.85. The van der Waals surface area contributed by atoms with Crippen LogP contribution >= 0.6 is 15.9 Å². The van der Waals surface area contributed by atoms with Gasteiger partial charge in [-0.3, -0.25) is 9.59 Å². The average molecular weight is 307 g/mol. The standard InChI is InChI=1S/C14H11BrO3/c15-12-5-2-1-4-10(12)8-11(16)9-13(17)14-6-3-7-18-14/h1-7H,8-9H2. The van der Waals surface area contributed by atoms with Gasteiger partial charge in [-0.2, -0.15) is 0 Å². The fraction of sp³-hybridized carbons (Fsp3) is 0.143. The van der Waals surface area contributed by atoms with E-state index in [9.17, 15) is 9.59 Å².